The Morgan fingerprint density at radius 2 is 1.64 bits per heavy atom. The van der Waals surface area contributed by atoms with Gasteiger partial charge in [-0.15, -0.1) is 0 Å². The third-order valence-electron chi connectivity index (χ3n) is 5.41. The number of rotatable bonds is 5. The molecule has 166 valence electrons. The van der Waals surface area contributed by atoms with Crippen LogP contribution < -0.4 is 5.43 Å². The second-order valence-electron chi connectivity index (χ2n) is 7.38. The fourth-order valence-corrected chi connectivity index (χ4v) is 4.10. The van der Waals surface area contributed by atoms with E-state index in [0.717, 1.165) is 5.56 Å². The third kappa shape index (κ3) is 4.25. The van der Waals surface area contributed by atoms with Crippen molar-refractivity contribution in [2.45, 2.75) is 6.42 Å². The Kier molecular flexibility index (Phi) is 6.29. The van der Waals surface area contributed by atoms with Crippen LogP contribution in [0.15, 0.2) is 71.5 Å². The standard InChI is InChI=1S/C26H20ClNO5/c1-32-25(30)17-10-6-7-15(13-17)14-19-23(26(31)33-2)28-22-18(24(19)29)11-12-20(27)21(22)16-8-4-3-5-9-16/h3-13H,14H2,1-2H3,(H,28,29). The zero-order chi connectivity index (χ0) is 23.5. The summed E-state index contributed by atoms with van der Waals surface area (Å²) in [6.07, 6.45) is 0.115. The second kappa shape index (κ2) is 9.30. The number of carbonyl (C=O) groups excluding carboxylic acids is 2. The minimum Gasteiger partial charge on any atom is -0.465 e. The van der Waals surface area contributed by atoms with Crippen LogP contribution in [0.2, 0.25) is 5.02 Å². The molecule has 0 radical (unpaired) electrons. The predicted octanol–water partition coefficient (Wildman–Crippen LogP) is 5.01. The van der Waals surface area contributed by atoms with Crippen LogP contribution in [0.1, 0.15) is 32.0 Å². The molecule has 33 heavy (non-hydrogen) atoms. The minimum atomic E-state index is -0.674. The normalized spacial score (nSPS) is 10.8. The zero-order valence-electron chi connectivity index (χ0n) is 18.0. The van der Waals surface area contributed by atoms with Gasteiger partial charge in [0.05, 0.1) is 30.3 Å². The van der Waals surface area contributed by atoms with Crippen LogP contribution in [0, 0.1) is 0 Å². The molecule has 4 aromatic rings. The second-order valence-corrected chi connectivity index (χ2v) is 7.79. The van der Waals surface area contributed by atoms with Crippen LogP contribution in [0.25, 0.3) is 22.0 Å². The number of nitrogens with one attached hydrogen (secondary N) is 1. The van der Waals surface area contributed by atoms with Crippen LogP contribution in [-0.2, 0) is 15.9 Å². The van der Waals surface area contributed by atoms with Crippen LogP contribution in [0.3, 0.4) is 0 Å². The lowest BCUT2D eigenvalue weighted by Gasteiger charge is -2.14. The number of esters is 2. The maximum absolute atomic E-state index is 13.6. The maximum atomic E-state index is 13.6. The zero-order valence-corrected chi connectivity index (χ0v) is 18.7. The summed E-state index contributed by atoms with van der Waals surface area (Å²) in [5, 5.41) is 0.837. The fourth-order valence-electron chi connectivity index (χ4n) is 3.84. The van der Waals surface area contributed by atoms with Crippen molar-refractivity contribution in [1.82, 2.24) is 4.98 Å². The molecule has 6 nitrogen and oxygen atoms in total. The third-order valence-corrected chi connectivity index (χ3v) is 5.72. The van der Waals surface area contributed by atoms with Gasteiger partial charge in [-0.1, -0.05) is 54.1 Å². The smallest absolute Gasteiger partial charge is 0.354 e. The van der Waals surface area contributed by atoms with Crippen LogP contribution in [-0.4, -0.2) is 31.1 Å². The summed E-state index contributed by atoms with van der Waals surface area (Å²) in [7, 11) is 2.55. The van der Waals surface area contributed by atoms with E-state index in [9.17, 15) is 14.4 Å². The number of pyridine rings is 1. The van der Waals surface area contributed by atoms with E-state index in [0.29, 0.717) is 32.6 Å². The first-order chi connectivity index (χ1) is 15.9. The van der Waals surface area contributed by atoms with Crippen molar-refractivity contribution in [2.24, 2.45) is 0 Å². The minimum absolute atomic E-state index is 0.0397. The van der Waals surface area contributed by atoms with E-state index >= 15 is 0 Å². The largest absolute Gasteiger partial charge is 0.465 e. The molecule has 3 aromatic carbocycles. The molecule has 0 aliphatic carbocycles. The molecule has 1 heterocycles. The van der Waals surface area contributed by atoms with E-state index in [1.165, 1.54) is 14.2 Å². The highest BCUT2D eigenvalue weighted by Crippen LogP contribution is 2.34. The van der Waals surface area contributed by atoms with Gasteiger partial charge < -0.3 is 14.5 Å². The summed E-state index contributed by atoms with van der Waals surface area (Å²) < 4.78 is 9.73. The lowest BCUT2D eigenvalue weighted by Crippen LogP contribution is -2.20. The van der Waals surface area contributed by atoms with Gasteiger partial charge in [0, 0.05) is 22.9 Å². The number of aromatic amines is 1. The van der Waals surface area contributed by atoms with Gasteiger partial charge in [-0.2, -0.15) is 0 Å². The number of carbonyl (C=O) groups is 2. The van der Waals surface area contributed by atoms with Gasteiger partial charge in [0.15, 0.2) is 5.43 Å². The molecule has 0 aliphatic rings. The first-order valence-corrected chi connectivity index (χ1v) is 10.5. The van der Waals surface area contributed by atoms with Crippen molar-refractivity contribution in [3.63, 3.8) is 0 Å². The molecule has 1 N–H and O–H groups in total. The Hall–Kier alpha value is -3.90. The summed E-state index contributed by atoms with van der Waals surface area (Å²) in [5.74, 6) is -1.16. The highest BCUT2D eigenvalue weighted by atomic mass is 35.5. The Morgan fingerprint density at radius 1 is 0.909 bits per heavy atom. The quantitative estimate of drug-likeness (QED) is 0.422. The van der Waals surface area contributed by atoms with Gasteiger partial charge in [0.25, 0.3) is 0 Å². The molecule has 0 unspecified atom stereocenters. The van der Waals surface area contributed by atoms with Gasteiger partial charge >= 0.3 is 11.9 Å². The van der Waals surface area contributed by atoms with E-state index in [2.05, 4.69) is 4.98 Å². The Morgan fingerprint density at radius 3 is 2.33 bits per heavy atom. The van der Waals surface area contributed by atoms with Crippen LogP contribution >= 0.6 is 11.6 Å². The number of fused-ring (bicyclic) bond motifs is 1. The van der Waals surface area contributed by atoms with Gasteiger partial charge in [0.1, 0.15) is 5.69 Å². The summed E-state index contributed by atoms with van der Waals surface area (Å²) in [6, 6.07) is 19.4. The SMILES string of the molecule is COC(=O)c1cccc(Cc2c(C(=O)OC)[nH]c3c(-c4ccccc4)c(Cl)ccc3c2=O)c1. The number of halogens is 1. The first kappa shape index (κ1) is 22.3. The van der Waals surface area contributed by atoms with Crippen molar-refractivity contribution >= 4 is 34.4 Å². The fraction of sp³-hybridized carbons (Fsp3) is 0.115. The van der Waals surface area contributed by atoms with Gasteiger partial charge in [-0.05, 0) is 35.4 Å². The van der Waals surface area contributed by atoms with E-state index < -0.39 is 11.9 Å². The van der Waals surface area contributed by atoms with Crippen LogP contribution in [0.5, 0.6) is 0 Å². The summed E-state index contributed by atoms with van der Waals surface area (Å²) in [4.78, 5) is 41.3. The predicted molar refractivity (Wildman–Crippen MR) is 127 cm³/mol. The molecule has 0 fully saturated rings. The highest BCUT2D eigenvalue weighted by molar-refractivity contribution is 6.35. The topological polar surface area (TPSA) is 85.5 Å². The number of hydrogen-bond donors (Lipinski definition) is 1. The molecule has 0 spiro atoms. The van der Waals surface area contributed by atoms with Gasteiger partial charge in [-0.3, -0.25) is 4.79 Å². The Balaban J connectivity index is 1.95. The molecule has 0 saturated heterocycles. The van der Waals surface area contributed by atoms with E-state index in [1.807, 2.05) is 30.3 Å². The number of ether oxygens (including phenoxy) is 2. The Labute approximate surface area is 194 Å². The van der Waals surface area contributed by atoms with E-state index in [4.69, 9.17) is 21.1 Å². The number of methoxy groups -OCH3 is 2. The molecular formula is C26H20ClNO5. The van der Waals surface area contributed by atoms with Crippen molar-refractivity contribution < 1.29 is 19.1 Å². The molecule has 0 bridgehead atoms. The first-order valence-electron chi connectivity index (χ1n) is 10.1. The molecule has 7 heteroatoms. The molecule has 0 atom stereocenters. The average molecular weight is 462 g/mol. The van der Waals surface area contributed by atoms with Gasteiger partial charge in [-0.25, -0.2) is 9.59 Å². The van der Waals surface area contributed by atoms with E-state index in [1.54, 1.807) is 36.4 Å². The monoisotopic (exact) mass is 461 g/mol. The van der Waals surface area contributed by atoms with E-state index in [-0.39, 0.29) is 23.1 Å². The molecule has 4 rings (SSSR count). The Bertz CT molecular complexity index is 1430. The lowest BCUT2D eigenvalue weighted by atomic mass is 9.96. The van der Waals surface area contributed by atoms with Crippen molar-refractivity contribution in [1.29, 1.82) is 0 Å². The number of hydrogen-bond acceptors (Lipinski definition) is 5. The number of benzene rings is 3. The summed E-state index contributed by atoms with van der Waals surface area (Å²) >= 11 is 6.50. The van der Waals surface area contributed by atoms with Crippen molar-refractivity contribution in [3.8, 4) is 11.1 Å². The van der Waals surface area contributed by atoms with Crippen molar-refractivity contribution in [2.75, 3.05) is 14.2 Å². The number of aromatic nitrogens is 1. The highest BCUT2D eigenvalue weighted by Gasteiger charge is 2.22. The molecule has 0 saturated carbocycles. The van der Waals surface area contributed by atoms with Gasteiger partial charge in [0.2, 0.25) is 0 Å². The average Bonchev–Trinajstić information content (AvgIpc) is 2.85. The molecular weight excluding hydrogens is 442 g/mol. The molecule has 0 aliphatic heterocycles. The maximum Gasteiger partial charge on any atom is 0.354 e. The number of H-pyrrole nitrogens is 1. The summed E-state index contributed by atoms with van der Waals surface area (Å²) in [6.45, 7) is 0. The van der Waals surface area contributed by atoms with Crippen molar-refractivity contribution in [3.05, 3.63) is 104 Å². The lowest BCUT2D eigenvalue weighted by molar-refractivity contribution is 0.0587. The summed E-state index contributed by atoms with van der Waals surface area (Å²) in [5.41, 5.74) is 2.85. The van der Waals surface area contributed by atoms with Crippen LogP contribution in [0.4, 0.5) is 0 Å². The molecule has 1 aromatic heterocycles. The molecule has 0 amide bonds.